The van der Waals surface area contributed by atoms with Crippen molar-refractivity contribution in [1.29, 1.82) is 0 Å². The lowest BCUT2D eigenvalue weighted by atomic mass is 9.99. The summed E-state index contributed by atoms with van der Waals surface area (Å²) in [5.74, 6) is 3.51. The highest BCUT2D eigenvalue weighted by atomic mass is 15.2. The van der Waals surface area contributed by atoms with Gasteiger partial charge in [0, 0.05) is 30.9 Å². The van der Waals surface area contributed by atoms with Crippen molar-refractivity contribution in [1.82, 2.24) is 9.97 Å². The van der Waals surface area contributed by atoms with Gasteiger partial charge < -0.3 is 10.6 Å². The molecule has 1 saturated carbocycles. The number of nitrogens with two attached hydrogens (primary N) is 1. The molecule has 1 aromatic heterocycles. The molecule has 2 atom stereocenters. The van der Waals surface area contributed by atoms with Crippen molar-refractivity contribution < 1.29 is 0 Å². The van der Waals surface area contributed by atoms with Gasteiger partial charge in [-0.1, -0.05) is 6.92 Å². The maximum absolute atomic E-state index is 6.29. The highest BCUT2D eigenvalue weighted by Crippen LogP contribution is 2.41. The Morgan fingerprint density at radius 2 is 2.17 bits per heavy atom. The van der Waals surface area contributed by atoms with Crippen LogP contribution in [-0.4, -0.2) is 29.1 Å². The minimum Gasteiger partial charge on any atom is -0.354 e. The normalized spacial score (nSPS) is 27.8. The molecule has 2 aliphatic rings. The summed E-state index contributed by atoms with van der Waals surface area (Å²) in [4.78, 5) is 11.3. The molecule has 0 amide bonds. The average molecular weight is 246 g/mol. The maximum Gasteiger partial charge on any atom is 0.135 e. The molecule has 18 heavy (non-hydrogen) atoms. The average Bonchev–Trinajstić information content (AvgIpc) is 3.13. The maximum atomic E-state index is 6.29. The van der Waals surface area contributed by atoms with Crippen LogP contribution in [0.5, 0.6) is 0 Å². The molecule has 98 valence electrons. The molecule has 2 fully saturated rings. The van der Waals surface area contributed by atoms with E-state index in [1.807, 2.05) is 13.1 Å². The highest BCUT2D eigenvalue weighted by molar-refractivity contribution is 5.48. The van der Waals surface area contributed by atoms with Gasteiger partial charge in [-0.3, -0.25) is 0 Å². The Balaban J connectivity index is 1.84. The van der Waals surface area contributed by atoms with Crippen LogP contribution in [0.1, 0.15) is 31.2 Å². The van der Waals surface area contributed by atoms with E-state index < -0.39 is 0 Å². The van der Waals surface area contributed by atoms with Crippen LogP contribution in [0.25, 0.3) is 0 Å². The molecule has 1 saturated heterocycles. The Morgan fingerprint density at radius 3 is 2.83 bits per heavy atom. The third kappa shape index (κ3) is 2.09. The summed E-state index contributed by atoms with van der Waals surface area (Å²) in [5.41, 5.74) is 7.53. The predicted octanol–water partition coefficient (Wildman–Crippen LogP) is 1.52. The van der Waals surface area contributed by atoms with Crippen LogP contribution in [0.15, 0.2) is 6.20 Å². The molecule has 1 aromatic rings. The number of aromatic nitrogens is 2. The third-order valence-electron chi connectivity index (χ3n) is 4.28. The number of rotatable bonds is 3. The van der Waals surface area contributed by atoms with Crippen molar-refractivity contribution in [3.05, 3.63) is 17.6 Å². The lowest BCUT2D eigenvalue weighted by molar-refractivity contribution is 0.456. The summed E-state index contributed by atoms with van der Waals surface area (Å²) in [6.45, 7) is 6.14. The highest BCUT2D eigenvalue weighted by Gasteiger charge is 2.41. The van der Waals surface area contributed by atoms with E-state index in [9.17, 15) is 0 Å². The summed E-state index contributed by atoms with van der Waals surface area (Å²) >= 11 is 0. The van der Waals surface area contributed by atoms with Crippen molar-refractivity contribution in [3.8, 4) is 0 Å². The third-order valence-corrected chi connectivity index (χ3v) is 4.28. The topological polar surface area (TPSA) is 55.0 Å². The van der Waals surface area contributed by atoms with E-state index in [0.717, 1.165) is 37.1 Å². The van der Waals surface area contributed by atoms with Gasteiger partial charge in [0.1, 0.15) is 11.6 Å². The molecule has 4 nitrogen and oxygen atoms in total. The van der Waals surface area contributed by atoms with E-state index in [-0.39, 0.29) is 0 Å². The van der Waals surface area contributed by atoms with Gasteiger partial charge in [0.2, 0.25) is 0 Å². The Bertz CT molecular complexity index is 441. The Kier molecular flexibility index (Phi) is 2.98. The van der Waals surface area contributed by atoms with Crippen LogP contribution >= 0.6 is 0 Å². The number of anilines is 1. The molecule has 1 aliphatic heterocycles. The Labute approximate surface area is 109 Å². The van der Waals surface area contributed by atoms with Crippen molar-refractivity contribution >= 4 is 5.82 Å². The summed E-state index contributed by atoms with van der Waals surface area (Å²) in [6, 6.07) is 0.317. The second-order valence-electron chi connectivity index (χ2n) is 5.69. The molecule has 0 radical (unpaired) electrons. The molecule has 2 N–H and O–H groups in total. The lowest BCUT2D eigenvalue weighted by Gasteiger charge is -2.20. The molecule has 0 unspecified atom stereocenters. The summed E-state index contributed by atoms with van der Waals surface area (Å²) in [6.07, 6.45) is 5.69. The van der Waals surface area contributed by atoms with E-state index in [4.69, 9.17) is 5.73 Å². The minimum absolute atomic E-state index is 0.317. The molecule has 2 heterocycles. The predicted molar refractivity (Wildman–Crippen MR) is 72.5 cm³/mol. The lowest BCUT2D eigenvalue weighted by Crippen LogP contribution is -2.30. The molecule has 1 aliphatic carbocycles. The van der Waals surface area contributed by atoms with Gasteiger partial charge in [0.05, 0.1) is 0 Å². The number of nitrogens with zero attached hydrogens (tertiary/aromatic N) is 3. The first-order valence-electron chi connectivity index (χ1n) is 7.02. The van der Waals surface area contributed by atoms with E-state index in [0.29, 0.717) is 12.0 Å². The monoisotopic (exact) mass is 246 g/mol. The van der Waals surface area contributed by atoms with E-state index in [1.165, 1.54) is 18.4 Å². The number of hydrogen-bond acceptors (Lipinski definition) is 4. The zero-order valence-electron chi connectivity index (χ0n) is 11.3. The Hall–Kier alpha value is -1.16. The van der Waals surface area contributed by atoms with Gasteiger partial charge in [-0.2, -0.15) is 0 Å². The second-order valence-corrected chi connectivity index (χ2v) is 5.69. The molecule has 3 rings (SSSR count). The van der Waals surface area contributed by atoms with Crippen molar-refractivity contribution in [3.63, 3.8) is 0 Å². The fourth-order valence-corrected chi connectivity index (χ4v) is 3.06. The first kappa shape index (κ1) is 11.9. The summed E-state index contributed by atoms with van der Waals surface area (Å²) in [7, 11) is 0. The zero-order chi connectivity index (χ0) is 12.7. The van der Waals surface area contributed by atoms with Crippen LogP contribution in [-0.2, 0) is 6.42 Å². The fraction of sp³-hybridized carbons (Fsp3) is 0.714. The fourth-order valence-electron chi connectivity index (χ4n) is 3.06. The van der Waals surface area contributed by atoms with Gasteiger partial charge in [-0.15, -0.1) is 0 Å². The molecular formula is C14H22N4. The summed E-state index contributed by atoms with van der Waals surface area (Å²) in [5, 5.41) is 0. The molecule has 0 spiro atoms. The van der Waals surface area contributed by atoms with Crippen LogP contribution < -0.4 is 10.6 Å². The first-order chi connectivity index (χ1) is 8.69. The summed E-state index contributed by atoms with van der Waals surface area (Å²) < 4.78 is 0. The largest absolute Gasteiger partial charge is 0.354 e. The smallest absolute Gasteiger partial charge is 0.135 e. The second kappa shape index (κ2) is 4.50. The number of aryl methyl sites for hydroxylation is 2. The molecule has 0 bridgehead atoms. The van der Waals surface area contributed by atoms with E-state index in [2.05, 4.69) is 21.8 Å². The van der Waals surface area contributed by atoms with E-state index >= 15 is 0 Å². The van der Waals surface area contributed by atoms with Gasteiger partial charge in [0.15, 0.2) is 0 Å². The minimum atomic E-state index is 0.317. The number of hydrogen-bond donors (Lipinski definition) is 1. The van der Waals surface area contributed by atoms with Crippen molar-refractivity contribution in [2.45, 2.75) is 39.2 Å². The van der Waals surface area contributed by atoms with Crippen LogP contribution in [0, 0.1) is 18.8 Å². The van der Waals surface area contributed by atoms with Gasteiger partial charge in [0.25, 0.3) is 0 Å². The van der Waals surface area contributed by atoms with Gasteiger partial charge >= 0.3 is 0 Å². The van der Waals surface area contributed by atoms with Crippen LogP contribution in [0.3, 0.4) is 0 Å². The quantitative estimate of drug-likeness (QED) is 0.878. The van der Waals surface area contributed by atoms with E-state index in [1.54, 1.807) is 0 Å². The zero-order valence-corrected chi connectivity index (χ0v) is 11.3. The molecule has 0 aromatic carbocycles. The standard InChI is InChI=1S/C14H22N4/c1-3-10-6-16-9(2)17-14(10)18-7-12(11-4-5-11)13(15)8-18/h6,11-13H,3-5,7-8,15H2,1-2H3/t12-,13+/m0/s1. The first-order valence-corrected chi connectivity index (χ1v) is 7.02. The Morgan fingerprint density at radius 1 is 1.39 bits per heavy atom. The van der Waals surface area contributed by atoms with Gasteiger partial charge in [-0.25, -0.2) is 9.97 Å². The molecule has 4 heteroatoms. The van der Waals surface area contributed by atoms with Gasteiger partial charge in [-0.05, 0) is 38.0 Å². The van der Waals surface area contributed by atoms with Crippen LogP contribution in [0.4, 0.5) is 5.82 Å². The van der Waals surface area contributed by atoms with Crippen molar-refractivity contribution in [2.24, 2.45) is 17.6 Å². The SMILES string of the molecule is CCc1cnc(C)nc1N1C[C@@H](N)[C@H](C2CC2)C1. The van der Waals surface area contributed by atoms with Crippen LogP contribution in [0.2, 0.25) is 0 Å². The molecular weight excluding hydrogens is 224 g/mol. The van der Waals surface area contributed by atoms with Crippen molar-refractivity contribution in [2.75, 3.05) is 18.0 Å².